The van der Waals surface area contributed by atoms with Crippen LogP contribution in [0.25, 0.3) is 0 Å². The highest BCUT2D eigenvalue weighted by Gasteiger charge is 2.24. The average molecular weight is 314 g/mol. The summed E-state index contributed by atoms with van der Waals surface area (Å²) in [5.41, 5.74) is 1.11. The van der Waals surface area contributed by atoms with Crippen molar-refractivity contribution in [2.75, 3.05) is 13.2 Å². The molecule has 1 unspecified atom stereocenters. The van der Waals surface area contributed by atoms with Crippen LogP contribution in [-0.2, 0) is 0 Å². The zero-order chi connectivity index (χ0) is 13.9. The second-order valence-electron chi connectivity index (χ2n) is 5.89. The fourth-order valence-electron chi connectivity index (χ4n) is 3.40. The number of rotatable bonds is 4. The van der Waals surface area contributed by atoms with E-state index in [1.807, 2.05) is 6.07 Å². The van der Waals surface area contributed by atoms with Gasteiger partial charge in [-0.25, -0.2) is 0 Å². The summed E-state index contributed by atoms with van der Waals surface area (Å²) in [4.78, 5) is 0. The van der Waals surface area contributed by atoms with Gasteiger partial charge in [0.25, 0.3) is 0 Å². The van der Waals surface area contributed by atoms with E-state index < -0.39 is 0 Å². The van der Waals surface area contributed by atoms with Crippen LogP contribution in [0.5, 0.6) is 5.75 Å². The van der Waals surface area contributed by atoms with E-state index in [4.69, 9.17) is 27.9 Å². The number of hydrogen-bond donors (Lipinski definition) is 1. The maximum absolute atomic E-state index is 6.21. The molecule has 20 heavy (non-hydrogen) atoms. The zero-order valence-electron chi connectivity index (χ0n) is 11.6. The summed E-state index contributed by atoms with van der Waals surface area (Å²) >= 11 is 12.3. The van der Waals surface area contributed by atoms with Gasteiger partial charge in [-0.05, 0) is 31.0 Å². The number of halogens is 2. The van der Waals surface area contributed by atoms with Crippen LogP contribution in [0.4, 0.5) is 0 Å². The van der Waals surface area contributed by atoms with Gasteiger partial charge in [0.05, 0.1) is 11.6 Å². The first-order valence-electron chi connectivity index (χ1n) is 7.59. The van der Waals surface area contributed by atoms with E-state index >= 15 is 0 Å². The highest BCUT2D eigenvalue weighted by molar-refractivity contribution is 6.35. The third kappa shape index (κ3) is 3.24. The zero-order valence-corrected chi connectivity index (χ0v) is 13.1. The van der Waals surface area contributed by atoms with Gasteiger partial charge in [0.1, 0.15) is 5.75 Å². The SMILES string of the molecule is Clc1cc(Cl)c2c(c1)C(NCCC1CCCC1)CCO2. The predicted molar refractivity (Wildman–Crippen MR) is 83.9 cm³/mol. The van der Waals surface area contributed by atoms with E-state index in [1.54, 1.807) is 6.07 Å². The standard InChI is InChI=1S/C16H21Cl2NO/c17-12-9-13-15(6-8-20-16(13)14(18)10-12)19-7-5-11-3-1-2-4-11/h9-11,15,19H,1-8H2. The van der Waals surface area contributed by atoms with Crippen molar-refractivity contribution >= 4 is 23.2 Å². The van der Waals surface area contributed by atoms with Crippen LogP contribution in [0.3, 0.4) is 0 Å². The first kappa shape index (κ1) is 14.5. The van der Waals surface area contributed by atoms with Gasteiger partial charge in [0.15, 0.2) is 0 Å². The minimum absolute atomic E-state index is 0.316. The lowest BCUT2D eigenvalue weighted by atomic mass is 9.99. The Morgan fingerprint density at radius 1 is 1.15 bits per heavy atom. The minimum Gasteiger partial charge on any atom is -0.492 e. The molecule has 3 rings (SSSR count). The van der Waals surface area contributed by atoms with Gasteiger partial charge in [0.2, 0.25) is 0 Å². The third-order valence-corrected chi connectivity index (χ3v) is 4.98. The molecular weight excluding hydrogens is 293 g/mol. The van der Waals surface area contributed by atoms with Crippen molar-refractivity contribution < 1.29 is 4.74 Å². The monoisotopic (exact) mass is 313 g/mol. The molecular formula is C16H21Cl2NO. The van der Waals surface area contributed by atoms with Crippen LogP contribution in [0.1, 0.15) is 50.1 Å². The molecule has 1 atom stereocenters. The van der Waals surface area contributed by atoms with Crippen molar-refractivity contribution in [3.63, 3.8) is 0 Å². The molecule has 1 aliphatic heterocycles. The van der Waals surface area contributed by atoms with Gasteiger partial charge >= 0.3 is 0 Å². The molecule has 1 aromatic carbocycles. The molecule has 2 nitrogen and oxygen atoms in total. The Labute approximate surface area is 130 Å². The van der Waals surface area contributed by atoms with E-state index in [0.29, 0.717) is 16.1 Å². The second-order valence-corrected chi connectivity index (χ2v) is 6.73. The van der Waals surface area contributed by atoms with Gasteiger partial charge in [-0.1, -0.05) is 48.9 Å². The van der Waals surface area contributed by atoms with Gasteiger partial charge in [-0.15, -0.1) is 0 Å². The molecule has 4 heteroatoms. The molecule has 0 aromatic heterocycles. The van der Waals surface area contributed by atoms with Crippen LogP contribution >= 0.6 is 23.2 Å². The van der Waals surface area contributed by atoms with Crippen LogP contribution in [0.15, 0.2) is 12.1 Å². The summed E-state index contributed by atoms with van der Waals surface area (Å²) in [5, 5.41) is 4.96. The van der Waals surface area contributed by atoms with Crippen molar-refractivity contribution in [1.29, 1.82) is 0 Å². The molecule has 0 saturated heterocycles. The molecule has 1 aliphatic carbocycles. The van der Waals surface area contributed by atoms with E-state index in [-0.39, 0.29) is 0 Å². The van der Waals surface area contributed by atoms with Crippen molar-refractivity contribution in [3.8, 4) is 5.75 Å². The quantitative estimate of drug-likeness (QED) is 0.845. The summed E-state index contributed by atoms with van der Waals surface area (Å²) in [5.74, 6) is 1.73. The number of fused-ring (bicyclic) bond motifs is 1. The molecule has 1 N–H and O–H groups in total. The number of ether oxygens (including phenoxy) is 1. The number of hydrogen-bond acceptors (Lipinski definition) is 2. The smallest absolute Gasteiger partial charge is 0.142 e. The summed E-state index contributed by atoms with van der Waals surface area (Å²) in [7, 11) is 0. The largest absolute Gasteiger partial charge is 0.492 e. The van der Waals surface area contributed by atoms with Gasteiger partial charge in [-0.3, -0.25) is 0 Å². The fraction of sp³-hybridized carbons (Fsp3) is 0.625. The summed E-state index contributed by atoms with van der Waals surface area (Å²) in [6.45, 7) is 1.79. The lowest BCUT2D eigenvalue weighted by Crippen LogP contribution is -2.28. The van der Waals surface area contributed by atoms with Gasteiger partial charge < -0.3 is 10.1 Å². The summed E-state index contributed by atoms with van der Waals surface area (Å²) < 4.78 is 5.69. The van der Waals surface area contributed by atoms with E-state index in [9.17, 15) is 0 Å². The molecule has 1 saturated carbocycles. The minimum atomic E-state index is 0.316. The number of nitrogens with one attached hydrogen (secondary N) is 1. The van der Waals surface area contributed by atoms with Crippen molar-refractivity contribution in [1.82, 2.24) is 5.32 Å². The molecule has 110 valence electrons. The predicted octanol–water partition coefficient (Wildman–Crippen LogP) is 4.99. The topological polar surface area (TPSA) is 21.3 Å². The Kier molecular flexibility index (Phi) is 4.75. The molecule has 0 amide bonds. The Hall–Kier alpha value is -0.440. The molecule has 1 aromatic rings. The van der Waals surface area contributed by atoms with Gasteiger partial charge in [-0.2, -0.15) is 0 Å². The Morgan fingerprint density at radius 3 is 2.75 bits per heavy atom. The van der Waals surface area contributed by atoms with Crippen LogP contribution in [0.2, 0.25) is 10.0 Å². The second kappa shape index (κ2) is 6.55. The Morgan fingerprint density at radius 2 is 1.95 bits per heavy atom. The molecule has 1 fully saturated rings. The van der Waals surface area contributed by atoms with Crippen molar-refractivity contribution in [2.45, 2.75) is 44.6 Å². The summed E-state index contributed by atoms with van der Waals surface area (Å²) in [6, 6.07) is 4.05. The molecule has 0 spiro atoms. The normalized spacial score (nSPS) is 22.6. The maximum atomic E-state index is 6.21. The molecule has 1 heterocycles. The first-order valence-corrected chi connectivity index (χ1v) is 8.35. The lowest BCUT2D eigenvalue weighted by molar-refractivity contribution is 0.251. The Bertz CT molecular complexity index is 472. The molecule has 2 aliphatic rings. The maximum Gasteiger partial charge on any atom is 0.142 e. The molecule has 0 radical (unpaired) electrons. The van der Waals surface area contributed by atoms with Crippen LogP contribution < -0.4 is 10.1 Å². The van der Waals surface area contributed by atoms with E-state index in [2.05, 4.69) is 5.32 Å². The van der Waals surface area contributed by atoms with E-state index in [0.717, 1.165) is 36.8 Å². The highest BCUT2D eigenvalue weighted by Crippen LogP contribution is 2.40. The van der Waals surface area contributed by atoms with Crippen molar-refractivity contribution in [2.24, 2.45) is 5.92 Å². The highest BCUT2D eigenvalue weighted by atomic mass is 35.5. The lowest BCUT2D eigenvalue weighted by Gasteiger charge is -2.28. The Balaban J connectivity index is 1.63. The molecule has 0 bridgehead atoms. The number of benzene rings is 1. The van der Waals surface area contributed by atoms with E-state index in [1.165, 1.54) is 32.1 Å². The average Bonchev–Trinajstić information content (AvgIpc) is 2.92. The van der Waals surface area contributed by atoms with Crippen molar-refractivity contribution in [3.05, 3.63) is 27.7 Å². The van der Waals surface area contributed by atoms with Crippen LogP contribution in [-0.4, -0.2) is 13.2 Å². The van der Waals surface area contributed by atoms with Gasteiger partial charge in [0, 0.05) is 23.0 Å². The third-order valence-electron chi connectivity index (χ3n) is 4.48. The first-order chi connectivity index (χ1) is 9.74. The summed E-state index contributed by atoms with van der Waals surface area (Å²) in [6.07, 6.45) is 7.90. The fourth-order valence-corrected chi connectivity index (χ4v) is 3.96. The van der Waals surface area contributed by atoms with Crippen LogP contribution in [0, 0.1) is 5.92 Å².